The van der Waals surface area contributed by atoms with Gasteiger partial charge in [-0.15, -0.1) is 0 Å². The Bertz CT molecular complexity index is 1680. The molecule has 0 unspecified atom stereocenters. The summed E-state index contributed by atoms with van der Waals surface area (Å²) in [5, 5.41) is 4.89. The lowest BCUT2D eigenvalue weighted by Gasteiger charge is -2.14. The Kier molecular flexibility index (Phi) is 7.94. The molecule has 1 aromatic heterocycles. The van der Waals surface area contributed by atoms with Crippen LogP contribution in [0.5, 0.6) is 11.5 Å². The molecule has 0 atom stereocenters. The number of hydrazone groups is 1. The smallest absolute Gasteiger partial charge is 0.272 e. The molecular formula is C31H23BrFN3O3. The van der Waals surface area contributed by atoms with Crippen molar-refractivity contribution >= 4 is 39.0 Å². The molecule has 1 N–H and O–H groups in total. The van der Waals surface area contributed by atoms with Crippen LogP contribution in [0.2, 0.25) is 0 Å². The van der Waals surface area contributed by atoms with E-state index in [0.717, 1.165) is 10.9 Å². The number of halogens is 2. The van der Waals surface area contributed by atoms with E-state index in [1.807, 2.05) is 54.6 Å². The summed E-state index contributed by atoms with van der Waals surface area (Å²) in [6.07, 6.45) is 1.51. The molecule has 0 saturated heterocycles. The molecule has 39 heavy (non-hydrogen) atoms. The van der Waals surface area contributed by atoms with E-state index in [4.69, 9.17) is 14.5 Å². The summed E-state index contributed by atoms with van der Waals surface area (Å²) >= 11 is 3.49. The van der Waals surface area contributed by atoms with E-state index in [0.29, 0.717) is 43.9 Å². The number of para-hydroxylation sites is 1. The van der Waals surface area contributed by atoms with Crippen LogP contribution in [0.1, 0.15) is 21.5 Å². The first-order valence-corrected chi connectivity index (χ1v) is 12.8. The number of benzene rings is 4. The van der Waals surface area contributed by atoms with E-state index in [9.17, 15) is 9.18 Å². The van der Waals surface area contributed by atoms with Gasteiger partial charge in [0.25, 0.3) is 5.91 Å². The highest BCUT2D eigenvalue weighted by molar-refractivity contribution is 9.10. The van der Waals surface area contributed by atoms with Crippen molar-refractivity contribution in [2.24, 2.45) is 5.10 Å². The number of nitrogens with one attached hydrogen (secondary N) is 1. The van der Waals surface area contributed by atoms with E-state index in [1.165, 1.54) is 19.4 Å². The van der Waals surface area contributed by atoms with Gasteiger partial charge in [-0.1, -0.05) is 66.7 Å². The van der Waals surface area contributed by atoms with E-state index in [2.05, 4.69) is 26.5 Å². The van der Waals surface area contributed by atoms with Crippen molar-refractivity contribution in [2.45, 2.75) is 6.61 Å². The molecule has 0 aliphatic rings. The van der Waals surface area contributed by atoms with Gasteiger partial charge in [-0.2, -0.15) is 5.10 Å². The average Bonchev–Trinajstić information content (AvgIpc) is 2.97. The molecule has 0 spiro atoms. The molecule has 1 amide bonds. The number of hydrogen-bond acceptors (Lipinski definition) is 5. The first kappa shape index (κ1) is 26.1. The van der Waals surface area contributed by atoms with Gasteiger partial charge < -0.3 is 9.47 Å². The highest BCUT2D eigenvalue weighted by Crippen LogP contribution is 2.37. The predicted molar refractivity (Wildman–Crippen MR) is 154 cm³/mol. The van der Waals surface area contributed by atoms with Crippen molar-refractivity contribution in [3.8, 4) is 22.8 Å². The van der Waals surface area contributed by atoms with E-state index >= 15 is 0 Å². The van der Waals surface area contributed by atoms with Gasteiger partial charge in [-0.05, 0) is 51.8 Å². The molecule has 0 bridgehead atoms. The van der Waals surface area contributed by atoms with Crippen LogP contribution in [-0.2, 0) is 6.61 Å². The summed E-state index contributed by atoms with van der Waals surface area (Å²) in [4.78, 5) is 17.9. The number of fused-ring (bicyclic) bond motifs is 1. The molecule has 6 nitrogen and oxygen atoms in total. The topological polar surface area (TPSA) is 72.8 Å². The molecule has 194 valence electrons. The quantitative estimate of drug-likeness (QED) is 0.155. The number of hydrogen-bond donors (Lipinski definition) is 1. The van der Waals surface area contributed by atoms with E-state index in [1.54, 1.807) is 36.4 Å². The maximum atomic E-state index is 14.0. The molecule has 0 saturated carbocycles. The number of carbonyl (C=O) groups is 1. The van der Waals surface area contributed by atoms with Crippen molar-refractivity contribution in [2.75, 3.05) is 7.11 Å². The van der Waals surface area contributed by atoms with Crippen molar-refractivity contribution in [3.63, 3.8) is 0 Å². The third-order valence-electron chi connectivity index (χ3n) is 5.99. The fourth-order valence-corrected chi connectivity index (χ4v) is 4.64. The monoisotopic (exact) mass is 583 g/mol. The highest BCUT2D eigenvalue weighted by Gasteiger charge is 2.15. The van der Waals surface area contributed by atoms with E-state index < -0.39 is 0 Å². The third-order valence-corrected chi connectivity index (χ3v) is 6.58. The normalized spacial score (nSPS) is 11.1. The van der Waals surface area contributed by atoms with Crippen LogP contribution in [0.25, 0.3) is 22.2 Å². The Morgan fingerprint density at radius 3 is 2.54 bits per heavy atom. The second-order valence-electron chi connectivity index (χ2n) is 8.55. The minimum Gasteiger partial charge on any atom is -0.493 e. The lowest BCUT2D eigenvalue weighted by atomic mass is 10.0. The molecule has 5 aromatic rings. The van der Waals surface area contributed by atoms with Crippen molar-refractivity contribution in [1.82, 2.24) is 10.4 Å². The van der Waals surface area contributed by atoms with Crippen LogP contribution < -0.4 is 14.9 Å². The van der Waals surface area contributed by atoms with Crippen LogP contribution in [0, 0.1) is 5.82 Å². The number of pyridine rings is 1. The first-order chi connectivity index (χ1) is 19.0. The number of carbonyl (C=O) groups excluding carboxylic acids is 1. The van der Waals surface area contributed by atoms with Crippen LogP contribution in [0.15, 0.2) is 107 Å². The van der Waals surface area contributed by atoms with Gasteiger partial charge in [0.2, 0.25) is 0 Å². The maximum Gasteiger partial charge on any atom is 0.272 e. The predicted octanol–water partition coefficient (Wildman–Crippen LogP) is 7.15. The standard InChI is InChI=1S/C31H23BrFN3O3/c1-38-29-16-20(15-25(32)30(29)39-19-22-11-5-7-13-26(22)33)18-34-36-31(37)24-17-28(21-9-3-2-4-10-21)35-27-14-8-6-12-23(24)27/h2-18H,19H2,1H3,(H,36,37)/b34-18+. The molecule has 5 rings (SSSR count). The van der Waals surface area contributed by atoms with Crippen molar-refractivity contribution < 1.29 is 18.7 Å². The highest BCUT2D eigenvalue weighted by atomic mass is 79.9. The summed E-state index contributed by atoms with van der Waals surface area (Å²) in [5.41, 5.74) is 6.49. The fraction of sp³-hybridized carbons (Fsp3) is 0.0645. The fourth-order valence-electron chi connectivity index (χ4n) is 4.07. The van der Waals surface area contributed by atoms with Crippen LogP contribution >= 0.6 is 15.9 Å². The summed E-state index contributed by atoms with van der Waals surface area (Å²) in [6, 6.07) is 28.9. The summed E-state index contributed by atoms with van der Waals surface area (Å²) in [6.45, 7) is 0.0377. The van der Waals surface area contributed by atoms with Crippen LogP contribution in [-0.4, -0.2) is 24.2 Å². The molecule has 4 aromatic carbocycles. The van der Waals surface area contributed by atoms with Gasteiger partial charge >= 0.3 is 0 Å². The second-order valence-corrected chi connectivity index (χ2v) is 9.41. The Hall–Kier alpha value is -4.56. The zero-order valence-corrected chi connectivity index (χ0v) is 22.5. The zero-order chi connectivity index (χ0) is 27.2. The van der Waals surface area contributed by atoms with Crippen LogP contribution in [0.4, 0.5) is 4.39 Å². The molecule has 8 heteroatoms. The minimum absolute atomic E-state index is 0.0377. The number of methoxy groups -OCH3 is 1. The molecule has 0 aliphatic carbocycles. The van der Waals surface area contributed by atoms with Gasteiger partial charge in [0.05, 0.1) is 34.6 Å². The summed E-state index contributed by atoms with van der Waals surface area (Å²) in [5.74, 6) is 0.155. The number of rotatable bonds is 8. The third kappa shape index (κ3) is 5.97. The minimum atomic E-state index is -0.363. The van der Waals surface area contributed by atoms with Gasteiger partial charge in [-0.25, -0.2) is 14.8 Å². The summed E-state index contributed by atoms with van der Waals surface area (Å²) < 4.78 is 25.9. The summed E-state index contributed by atoms with van der Waals surface area (Å²) in [7, 11) is 1.51. The molecule has 0 fully saturated rings. The Morgan fingerprint density at radius 2 is 1.74 bits per heavy atom. The Labute approximate surface area is 233 Å². The van der Waals surface area contributed by atoms with Gasteiger partial charge in [0, 0.05) is 16.5 Å². The lowest BCUT2D eigenvalue weighted by molar-refractivity contribution is 0.0956. The lowest BCUT2D eigenvalue weighted by Crippen LogP contribution is -2.18. The zero-order valence-electron chi connectivity index (χ0n) is 20.9. The average molecular weight is 584 g/mol. The Balaban J connectivity index is 1.35. The van der Waals surface area contributed by atoms with Crippen LogP contribution in [0.3, 0.4) is 0 Å². The number of nitrogens with zero attached hydrogens (tertiary/aromatic N) is 2. The number of amides is 1. The van der Waals surface area contributed by atoms with Gasteiger partial charge in [-0.3, -0.25) is 4.79 Å². The van der Waals surface area contributed by atoms with E-state index in [-0.39, 0.29) is 18.3 Å². The van der Waals surface area contributed by atoms with Gasteiger partial charge in [0.1, 0.15) is 12.4 Å². The second kappa shape index (κ2) is 11.9. The molecule has 1 heterocycles. The number of ether oxygens (including phenoxy) is 2. The van der Waals surface area contributed by atoms with Gasteiger partial charge in [0.15, 0.2) is 11.5 Å². The van der Waals surface area contributed by atoms with Crippen molar-refractivity contribution in [3.05, 3.63) is 124 Å². The first-order valence-electron chi connectivity index (χ1n) is 12.1. The molecule has 0 radical (unpaired) electrons. The SMILES string of the molecule is COc1cc(/C=N/NC(=O)c2cc(-c3ccccc3)nc3ccccc23)cc(Br)c1OCc1ccccc1F. The molecular weight excluding hydrogens is 561 g/mol. The Morgan fingerprint density at radius 1 is 1.00 bits per heavy atom. The maximum absolute atomic E-state index is 14.0. The molecule has 0 aliphatic heterocycles. The number of aromatic nitrogens is 1. The largest absolute Gasteiger partial charge is 0.493 e. The van der Waals surface area contributed by atoms with Crippen molar-refractivity contribution in [1.29, 1.82) is 0 Å².